The topological polar surface area (TPSA) is 38.2 Å². The van der Waals surface area contributed by atoms with E-state index in [-0.39, 0.29) is 0 Å². The van der Waals surface area contributed by atoms with Crippen molar-refractivity contribution in [2.75, 3.05) is 31.2 Å². The Morgan fingerprint density at radius 2 is 2.00 bits per heavy atom. The van der Waals surface area contributed by atoms with Gasteiger partial charge in [0, 0.05) is 19.2 Å². The average Bonchev–Trinajstić information content (AvgIpc) is 2.29. The number of ether oxygens (including phenoxy) is 1. The van der Waals surface area contributed by atoms with Crippen molar-refractivity contribution in [3.05, 3.63) is 17.0 Å². The second-order valence-electron chi connectivity index (χ2n) is 4.17. The summed E-state index contributed by atoms with van der Waals surface area (Å²) >= 11 is 5.93. The number of hydrogen-bond acceptors (Lipinski definition) is 4. The van der Waals surface area contributed by atoms with Gasteiger partial charge in [-0.3, -0.25) is 0 Å². The molecular formula is C11H16ClN3O. The van der Waals surface area contributed by atoms with E-state index in [9.17, 15) is 0 Å². The van der Waals surface area contributed by atoms with Crippen LogP contribution in [0.5, 0.6) is 0 Å². The summed E-state index contributed by atoms with van der Waals surface area (Å²) in [6, 6.07) is 2.02. The van der Waals surface area contributed by atoms with Crippen molar-refractivity contribution in [2.24, 2.45) is 0 Å². The molecule has 1 aliphatic rings. The van der Waals surface area contributed by atoms with E-state index in [4.69, 9.17) is 16.3 Å². The van der Waals surface area contributed by atoms with Crippen LogP contribution in [-0.2, 0) is 4.74 Å². The van der Waals surface area contributed by atoms with E-state index in [1.54, 1.807) is 0 Å². The molecule has 1 aromatic heterocycles. The molecule has 0 saturated carbocycles. The van der Waals surface area contributed by atoms with Crippen molar-refractivity contribution in [3.63, 3.8) is 0 Å². The van der Waals surface area contributed by atoms with Crippen LogP contribution in [0.3, 0.4) is 0 Å². The molecule has 88 valence electrons. The summed E-state index contributed by atoms with van der Waals surface area (Å²) in [4.78, 5) is 10.7. The zero-order valence-electron chi connectivity index (χ0n) is 9.61. The molecule has 1 saturated heterocycles. The Kier molecular flexibility index (Phi) is 3.61. The SMILES string of the molecule is CC(C)c1cc(N2CCOCC2)nc(Cl)n1. The summed E-state index contributed by atoms with van der Waals surface area (Å²) in [6.07, 6.45) is 0. The van der Waals surface area contributed by atoms with Gasteiger partial charge in [0.2, 0.25) is 5.28 Å². The Labute approximate surface area is 101 Å². The van der Waals surface area contributed by atoms with Crippen LogP contribution in [-0.4, -0.2) is 36.3 Å². The third-order valence-corrected chi connectivity index (χ3v) is 2.80. The molecule has 0 unspecified atom stereocenters. The molecule has 0 amide bonds. The highest BCUT2D eigenvalue weighted by Crippen LogP contribution is 2.21. The Morgan fingerprint density at radius 3 is 2.62 bits per heavy atom. The van der Waals surface area contributed by atoms with Crippen molar-refractivity contribution >= 4 is 17.4 Å². The Morgan fingerprint density at radius 1 is 1.31 bits per heavy atom. The van der Waals surface area contributed by atoms with Crippen molar-refractivity contribution < 1.29 is 4.74 Å². The van der Waals surface area contributed by atoms with E-state index < -0.39 is 0 Å². The van der Waals surface area contributed by atoms with Gasteiger partial charge in [0.05, 0.1) is 18.9 Å². The van der Waals surface area contributed by atoms with Gasteiger partial charge in [-0.05, 0) is 17.5 Å². The molecule has 1 aliphatic heterocycles. The normalized spacial score (nSPS) is 16.9. The van der Waals surface area contributed by atoms with Gasteiger partial charge in [-0.25, -0.2) is 9.97 Å². The molecule has 1 fully saturated rings. The molecule has 16 heavy (non-hydrogen) atoms. The van der Waals surface area contributed by atoms with E-state index in [1.807, 2.05) is 6.07 Å². The predicted molar refractivity (Wildman–Crippen MR) is 64.2 cm³/mol. The van der Waals surface area contributed by atoms with Gasteiger partial charge in [-0.1, -0.05) is 13.8 Å². The predicted octanol–water partition coefficient (Wildman–Crippen LogP) is 2.09. The molecule has 0 atom stereocenters. The number of aromatic nitrogens is 2. The Bertz CT molecular complexity index is 364. The smallest absolute Gasteiger partial charge is 0.224 e. The highest BCUT2D eigenvalue weighted by molar-refractivity contribution is 6.28. The lowest BCUT2D eigenvalue weighted by atomic mass is 10.1. The summed E-state index contributed by atoms with van der Waals surface area (Å²) in [5.41, 5.74) is 0.987. The van der Waals surface area contributed by atoms with Crippen LogP contribution < -0.4 is 4.90 Å². The van der Waals surface area contributed by atoms with Crippen LogP contribution >= 0.6 is 11.6 Å². The second-order valence-corrected chi connectivity index (χ2v) is 4.51. The van der Waals surface area contributed by atoms with E-state index >= 15 is 0 Å². The lowest BCUT2D eigenvalue weighted by Crippen LogP contribution is -2.36. The quantitative estimate of drug-likeness (QED) is 0.744. The molecule has 2 heterocycles. The lowest BCUT2D eigenvalue weighted by Gasteiger charge is -2.28. The lowest BCUT2D eigenvalue weighted by molar-refractivity contribution is 0.122. The third kappa shape index (κ3) is 2.62. The summed E-state index contributed by atoms with van der Waals surface area (Å²) in [6.45, 7) is 7.43. The van der Waals surface area contributed by atoms with Gasteiger partial charge in [0.1, 0.15) is 5.82 Å². The first-order chi connectivity index (χ1) is 7.66. The molecule has 4 nitrogen and oxygen atoms in total. The first-order valence-electron chi connectivity index (χ1n) is 5.54. The second kappa shape index (κ2) is 4.97. The molecule has 0 aliphatic carbocycles. The fourth-order valence-electron chi connectivity index (χ4n) is 1.67. The van der Waals surface area contributed by atoms with Crippen molar-refractivity contribution in [1.29, 1.82) is 0 Å². The minimum atomic E-state index is 0.327. The van der Waals surface area contributed by atoms with Crippen LogP contribution in [0.15, 0.2) is 6.07 Å². The van der Waals surface area contributed by atoms with Gasteiger partial charge < -0.3 is 9.64 Å². The third-order valence-electron chi connectivity index (χ3n) is 2.63. The fraction of sp³-hybridized carbons (Fsp3) is 0.636. The molecule has 1 aromatic rings. The van der Waals surface area contributed by atoms with Crippen molar-refractivity contribution in [1.82, 2.24) is 9.97 Å². The largest absolute Gasteiger partial charge is 0.378 e. The van der Waals surface area contributed by atoms with Crippen LogP contribution in [0.25, 0.3) is 0 Å². The molecule has 5 heteroatoms. The highest BCUT2D eigenvalue weighted by atomic mass is 35.5. The van der Waals surface area contributed by atoms with Gasteiger partial charge in [0.25, 0.3) is 0 Å². The van der Waals surface area contributed by atoms with Crippen molar-refractivity contribution in [3.8, 4) is 0 Å². The summed E-state index contributed by atoms with van der Waals surface area (Å²) < 4.78 is 5.31. The van der Waals surface area contributed by atoms with E-state index in [0.717, 1.165) is 37.8 Å². The summed E-state index contributed by atoms with van der Waals surface area (Å²) in [5, 5.41) is 0.327. The number of rotatable bonds is 2. The van der Waals surface area contributed by atoms with Gasteiger partial charge >= 0.3 is 0 Å². The maximum atomic E-state index is 5.93. The molecule has 0 spiro atoms. The standard InChI is InChI=1S/C11H16ClN3O/c1-8(2)9-7-10(14-11(12)13-9)15-3-5-16-6-4-15/h7-8H,3-6H2,1-2H3. The molecule has 0 aromatic carbocycles. The first kappa shape index (κ1) is 11.6. The number of anilines is 1. The van der Waals surface area contributed by atoms with E-state index in [0.29, 0.717) is 11.2 Å². The van der Waals surface area contributed by atoms with Crippen molar-refractivity contribution in [2.45, 2.75) is 19.8 Å². The maximum absolute atomic E-state index is 5.93. The zero-order chi connectivity index (χ0) is 11.5. The average molecular weight is 242 g/mol. The van der Waals surface area contributed by atoms with Gasteiger partial charge in [0.15, 0.2) is 0 Å². The Balaban J connectivity index is 2.25. The molecule has 0 N–H and O–H groups in total. The van der Waals surface area contributed by atoms with Gasteiger partial charge in [-0.15, -0.1) is 0 Å². The number of hydrogen-bond donors (Lipinski definition) is 0. The molecule has 0 radical (unpaired) electrons. The number of nitrogens with zero attached hydrogens (tertiary/aromatic N) is 3. The number of morpholine rings is 1. The maximum Gasteiger partial charge on any atom is 0.224 e. The molecule has 2 rings (SSSR count). The van der Waals surface area contributed by atoms with E-state index in [1.165, 1.54) is 0 Å². The highest BCUT2D eigenvalue weighted by Gasteiger charge is 2.15. The molecule has 0 bridgehead atoms. The van der Waals surface area contributed by atoms with E-state index in [2.05, 4.69) is 28.7 Å². The summed E-state index contributed by atoms with van der Waals surface area (Å²) in [7, 11) is 0. The van der Waals surface area contributed by atoms with Crippen LogP contribution in [0.4, 0.5) is 5.82 Å². The Hall–Kier alpha value is -0.870. The monoisotopic (exact) mass is 241 g/mol. The first-order valence-corrected chi connectivity index (χ1v) is 5.92. The minimum absolute atomic E-state index is 0.327. The van der Waals surface area contributed by atoms with Crippen LogP contribution in [0, 0.1) is 0 Å². The minimum Gasteiger partial charge on any atom is -0.378 e. The summed E-state index contributed by atoms with van der Waals surface area (Å²) in [5.74, 6) is 1.27. The van der Waals surface area contributed by atoms with Crippen LogP contribution in [0.2, 0.25) is 5.28 Å². The van der Waals surface area contributed by atoms with Crippen LogP contribution in [0.1, 0.15) is 25.5 Å². The van der Waals surface area contributed by atoms with Gasteiger partial charge in [-0.2, -0.15) is 0 Å². The zero-order valence-corrected chi connectivity index (χ0v) is 10.4. The number of halogens is 1. The fourth-order valence-corrected chi connectivity index (χ4v) is 1.86. The molecular weight excluding hydrogens is 226 g/mol.